The summed E-state index contributed by atoms with van der Waals surface area (Å²) in [7, 11) is -3.23. The molecule has 82 valence electrons. The van der Waals surface area contributed by atoms with Crippen molar-refractivity contribution in [1.82, 2.24) is 4.98 Å². The summed E-state index contributed by atoms with van der Waals surface area (Å²) in [5.74, 6) is 0. The van der Waals surface area contributed by atoms with Crippen LogP contribution in [0.4, 0.5) is 5.69 Å². The van der Waals surface area contributed by atoms with Crippen molar-refractivity contribution in [2.75, 3.05) is 4.72 Å². The molecular formula is C8H8BrClN2O2S. The maximum Gasteiger partial charge on any atom is 0.235 e. The first-order chi connectivity index (χ1) is 6.99. The summed E-state index contributed by atoms with van der Waals surface area (Å²) in [5, 5.41) is 0.130. The number of hydrogen-bond acceptors (Lipinski definition) is 3. The molecule has 1 saturated carbocycles. The van der Waals surface area contributed by atoms with Gasteiger partial charge in [-0.3, -0.25) is 4.72 Å². The fraction of sp³-hybridized carbons (Fsp3) is 0.375. The topological polar surface area (TPSA) is 59.1 Å². The molecule has 15 heavy (non-hydrogen) atoms. The molecule has 0 radical (unpaired) electrons. The first-order valence-electron chi connectivity index (χ1n) is 4.32. The highest BCUT2D eigenvalue weighted by molar-refractivity contribution is 9.10. The highest BCUT2D eigenvalue weighted by Gasteiger charge is 2.35. The van der Waals surface area contributed by atoms with Crippen molar-refractivity contribution in [2.24, 2.45) is 0 Å². The number of nitrogens with one attached hydrogen (secondary N) is 1. The van der Waals surface area contributed by atoms with E-state index in [4.69, 9.17) is 11.6 Å². The Morgan fingerprint density at radius 3 is 2.73 bits per heavy atom. The van der Waals surface area contributed by atoms with E-state index in [0.29, 0.717) is 15.3 Å². The Morgan fingerprint density at radius 1 is 1.53 bits per heavy atom. The highest BCUT2D eigenvalue weighted by Crippen LogP contribution is 2.30. The zero-order valence-electron chi connectivity index (χ0n) is 7.57. The van der Waals surface area contributed by atoms with Crippen LogP contribution in [0.1, 0.15) is 12.8 Å². The second kappa shape index (κ2) is 3.92. The Kier molecular flexibility index (Phi) is 2.92. The molecule has 1 aliphatic carbocycles. The minimum Gasteiger partial charge on any atom is -0.282 e. The maximum atomic E-state index is 11.6. The van der Waals surface area contributed by atoms with Crippen molar-refractivity contribution in [3.63, 3.8) is 0 Å². The Morgan fingerprint density at radius 2 is 2.20 bits per heavy atom. The summed E-state index contributed by atoms with van der Waals surface area (Å²) in [5.41, 5.74) is 0.398. The van der Waals surface area contributed by atoms with Gasteiger partial charge in [0.05, 0.1) is 22.2 Å². The average Bonchev–Trinajstić information content (AvgIpc) is 2.93. The van der Waals surface area contributed by atoms with Crippen LogP contribution in [-0.2, 0) is 10.0 Å². The van der Waals surface area contributed by atoms with Crippen LogP contribution >= 0.6 is 27.5 Å². The quantitative estimate of drug-likeness (QED) is 0.872. The van der Waals surface area contributed by atoms with Crippen molar-refractivity contribution in [2.45, 2.75) is 18.1 Å². The molecule has 1 aliphatic rings. The molecule has 0 saturated heterocycles. The number of halogens is 2. The molecule has 1 aromatic rings. The van der Waals surface area contributed by atoms with Gasteiger partial charge in [-0.2, -0.15) is 0 Å². The Bertz CT molecular complexity index is 487. The van der Waals surface area contributed by atoms with E-state index in [1.165, 1.54) is 12.3 Å². The molecule has 0 amide bonds. The van der Waals surface area contributed by atoms with Crippen molar-refractivity contribution in [3.05, 3.63) is 21.9 Å². The normalized spacial score (nSPS) is 16.4. The van der Waals surface area contributed by atoms with Gasteiger partial charge in [0.15, 0.2) is 0 Å². The number of anilines is 1. The highest BCUT2D eigenvalue weighted by atomic mass is 79.9. The van der Waals surface area contributed by atoms with Gasteiger partial charge in [0.25, 0.3) is 0 Å². The Hall–Kier alpha value is -0.330. The van der Waals surface area contributed by atoms with Gasteiger partial charge in [-0.15, -0.1) is 0 Å². The molecule has 7 heteroatoms. The summed E-state index contributed by atoms with van der Waals surface area (Å²) in [4.78, 5) is 3.90. The molecule has 0 bridgehead atoms. The van der Waals surface area contributed by atoms with Crippen LogP contribution < -0.4 is 4.72 Å². The largest absolute Gasteiger partial charge is 0.282 e. The van der Waals surface area contributed by atoms with Gasteiger partial charge in [-0.25, -0.2) is 13.4 Å². The van der Waals surface area contributed by atoms with E-state index in [1.807, 2.05) is 0 Å². The third-order valence-corrected chi connectivity index (χ3v) is 5.04. The molecule has 1 heterocycles. The van der Waals surface area contributed by atoms with Crippen molar-refractivity contribution in [1.29, 1.82) is 0 Å². The first-order valence-corrected chi connectivity index (χ1v) is 7.03. The second-order valence-corrected chi connectivity index (χ2v) is 6.46. The minimum absolute atomic E-state index is 0.250. The van der Waals surface area contributed by atoms with E-state index in [2.05, 4.69) is 25.6 Å². The zero-order chi connectivity index (χ0) is 11.1. The predicted octanol–water partition coefficient (Wildman–Crippen LogP) is 2.40. The zero-order valence-corrected chi connectivity index (χ0v) is 10.7. The molecule has 0 aliphatic heterocycles. The third-order valence-electron chi connectivity index (χ3n) is 2.02. The van der Waals surface area contributed by atoms with E-state index < -0.39 is 10.0 Å². The van der Waals surface area contributed by atoms with Crippen molar-refractivity contribution in [3.8, 4) is 0 Å². The lowest BCUT2D eigenvalue weighted by molar-refractivity contribution is 0.600. The van der Waals surface area contributed by atoms with Gasteiger partial charge in [-0.05, 0) is 34.8 Å². The average molecular weight is 312 g/mol. The van der Waals surface area contributed by atoms with Crippen LogP contribution in [0.5, 0.6) is 0 Å². The maximum absolute atomic E-state index is 11.6. The summed E-state index contributed by atoms with van der Waals surface area (Å²) in [6.45, 7) is 0. The van der Waals surface area contributed by atoms with Crippen molar-refractivity contribution < 1.29 is 8.42 Å². The number of rotatable bonds is 3. The van der Waals surface area contributed by atoms with Crippen LogP contribution in [0.15, 0.2) is 16.9 Å². The smallest absolute Gasteiger partial charge is 0.235 e. The number of pyridine rings is 1. The lowest BCUT2D eigenvalue weighted by Gasteiger charge is -2.06. The fourth-order valence-corrected chi connectivity index (χ4v) is 2.85. The molecule has 1 N–H and O–H groups in total. The molecule has 0 atom stereocenters. The van der Waals surface area contributed by atoms with Gasteiger partial charge >= 0.3 is 0 Å². The summed E-state index contributed by atoms with van der Waals surface area (Å²) in [6.07, 6.45) is 2.88. The lowest BCUT2D eigenvalue weighted by Crippen LogP contribution is -2.17. The van der Waals surface area contributed by atoms with Crippen LogP contribution in [0.25, 0.3) is 0 Å². The van der Waals surface area contributed by atoms with E-state index in [1.54, 1.807) is 0 Å². The summed E-state index contributed by atoms with van der Waals surface area (Å²) >= 11 is 8.92. The molecule has 0 spiro atoms. The van der Waals surface area contributed by atoms with Gasteiger partial charge in [-0.1, -0.05) is 11.6 Å². The Labute approximate surface area is 101 Å². The Balaban J connectivity index is 2.21. The molecular weight excluding hydrogens is 304 g/mol. The SMILES string of the molecule is O=S(=O)(Nc1cnc(Br)c(Cl)c1)C1CC1. The molecule has 4 nitrogen and oxygen atoms in total. The van der Waals surface area contributed by atoms with Crippen LogP contribution in [0, 0.1) is 0 Å². The van der Waals surface area contributed by atoms with Crippen LogP contribution in [0.2, 0.25) is 5.02 Å². The summed E-state index contributed by atoms with van der Waals surface area (Å²) in [6, 6.07) is 1.53. The van der Waals surface area contributed by atoms with Crippen LogP contribution in [0.3, 0.4) is 0 Å². The molecule has 2 rings (SSSR count). The third kappa shape index (κ3) is 2.62. The molecule has 1 aromatic heterocycles. The van der Waals surface area contributed by atoms with E-state index in [-0.39, 0.29) is 5.25 Å². The van der Waals surface area contributed by atoms with Crippen molar-refractivity contribution >= 4 is 43.2 Å². The molecule has 0 unspecified atom stereocenters. The number of aromatic nitrogens is 1. The molecule has 1 fully saturated rings. The predicted molar refractivity (Wildman–Crippen MR) is 62.5 cm³/mol. The van der Waals surface area contributed by atoms with E-state index in [0.717, 1.165) is 12.8 Å². The number of nitrogens with zero attached hydrogens (tertiary/aromatic N) is 1. The fourth-order valence-electron chi connectivity index (χ4n) is 1.10. The van der Waals surface area contributed by atoms with Crippen LogP contribution in [-0.4, -0.2) is 18.7 Å². The van der Waals surface area contributed by atoms with E-state index >= 15 is 0 Å². The van der Waals surface area contributed by atoms with Gasteiger partial charge in [0.2, 0.25) is 10.0 Å². The standard InChI is InChI=1S/C8H8BrClN2O2S/c9-8-7(10)3-5(4-11-8)12-15(13,14)6-1-2-6/h3-4,6,12H,1-2H2. The minimum atomic E-state index is -3.23. The van der Waals surface area contributed by atoms with Gasteiger partial charge in [0, 0.05) is 0 Å². The van der Waals surface area contributed by atoms with E-state index in [9.17, 15) is 8.42 Å². The number of hydrogen-bond donors (Lipinski definition) is 1. The summed E-state index contributed by atoms with van der Waals surface area (Å²) < 4.78 is 26.1. The second-order valence-electron chi connectivity index (χ2n) is 3.34. The monoisotopic (exact) mass is 310 g/mol. The van der Waals surface area contributed by atoms with Gasteiger partial charge in [0.1, 0.15) is 4.60 Å². The molecule has 0 aromatic carbocycles. The first kappa shape index (κ1) is 11.2. The van der Waals surface area contributed by atoms with Gasteiger partial charge < -0.3 is 0 Å². The number of sulfonamides is 1. The lowest BCUT2D eigenvalue weighted by atomic mass is 10.4.